The highest BCUT2D eigenvalue weighted by atomic mass is 35.5. The topological polar surface area (TPSA) is 43.8 Å². The molecule has 0 aromatic carbocycles. The van der Waals surface area contributed by atoms with Crippen LogP contribution in [0.3, 0.4) is 0 Å². The summed E-state index contributed by atoms with van der Waals surface area (Å²) in [5.74, 6) is 2.33. The number of hydrogen-bond acceptors (Lipinski definition) is 4. The summed E-state index contributed by atoms with van der Waals surface area (Å²) >= 11 is 10.1. The second-order valence-corrected chi connectivity index (χ2v) is 7.25. The first-order valence-electron chi connectivity index (χ1n) is 6.36. The van der Waals surface area contributed by atoms with Gasteiger partial charge in [0.05, 0.1) is 23.0 Å². The van der Waals surface area contributed by atoms with E-state index < -0.39 is 0 Å². The van der Waals surface area contributed by atoms with Crippen LogP contribution >= 0.6 is 34.7 Å². The number of fused-ring (bicyclic) bond motifs is 1. The van der Waals surface area contributed by atoms with E-state index in [9.17, 15) is 0 Å². The van der Waals surface area contributed by atoms with Gasteiger partial charge in [-0.05, 0) is 30.7 Å². The van der Waals surface area contributed by atoms with Crippen molar-refractivity contribution in [1.82, 2.24) is 9.78 Å². The van der Waals surface area contributed by atoms with Gasteiger partial charge in [-0.2, -0.15) is 16.9 Å². The van der Waals surface area contributed by atoms with Gasteiger partial charge in [-0.15, -0.1) is 11.3 Å². The minimum absolute atomic E-state index is 0.171. The molecule has 3 rings (SSSR count). The summed E-state index contributed by atoms with van der Waals surface area (Å²) < 4.78 is 1.89. The first kappa shape index (κ1) is 13.5. The lowest BCUT2D eigenvalue weighted by atomic mass is 10.1. The van der Waals surface area contributed by atoms with E-state index in [1.54, 1.807) is 6.20 Å². The van der Waals surface area contributed by atoms with Crippen LogP contribution < -0.4 is 5.73 Å². The fraction of sp³-hybridized carbons (Fsp3) is 0.462. The standard InChI is InChI=1S/C13H16ClN3S2/c1-2-17-13(9(14)6-16-17)12(15)11-5-8-7-18-4-3-10(8)19-11/h5-6,12H,2-4,7,15H2,1H3. The number of thioether (sulfide) groups is 1. The minimum atomic E-state index is -0.171. The molecule has 0 spiro atoms. The van der Waals surface area contributed by atoms with E-state index in [1.807, 2.05) is 27.8 Å². The molecule has 1 aliphatic heterocycles. The highest BCUT2D eigenvalue weighted by Gasteiger charge is 2.22. The Kier molecular flexibility index (Phi) is 3.89. The van der Waals surface area contributed by atoms with Crippen molar-refractivity contribution in [3.05, 3.63) is 38.3 Å². The molecule has 0 saturated heterocycles. The Bertz CT molecular complexity index is 567. The number of halogens is 1. The summed E-state index contributed by atoms with van der Waals surface area (Å²) in [5.41, 5.74) is 8.78. The van der Waals surface area contributed by atoms with E-state index in [0.717, 1.165) is 24.4 Å². The number of aryl methyl sites for hydroxylation is 2. The second-order valence-electron chi connectivity index (χ2n) is 4.57. The van der Waals surface area contributed by atoms with Gasteiger partial charge in [-0.3, -0.25) is 4.68 Å². The van der Waals surface area contributed by atoms with Crippen LogP contribution in [0.4, 0.5) is 0 Å². The highest BCUT2D eigenvalue weighted by Crippen LogP contribution is 2.37. The maximum Gasteiger partial charge on any atom is 0.0837 e. The Morgan fingerprint density at radius 2 is 2.42 bits per heavy atom. The van der Waals surface area contributed by atoms with Gasteiger partial charge in [0.1, 0.15) is 0 Å². The molecule has 2 aromatic heterocycles. The average molecular weight is 314 g/mol. The van der Waals surface area contributed by atoms with E-state index in [4.69, 9.17) is 17.3 Å². The van der Waals surface area contributed by atoms with Crippen molar-refractivity contribution in [1.29, 1.82) is 0 Å². The molecule has 3 nitrogen and oxygen atoms in total. The Balaban J connectivity index is 1.97. The molecule has 0 fully saturated rings. The molecule has 0 radical (unpaired) electrons. The number of hydrogen-bond donors (Lipinski definition) is 1. The SMILES string of the molecule is CCn1ncc(Cl)c1C(N)c1cc2c(s1)CCSC2. The first-order valence-corrected chi connectivity index (χ1v) is 8.71. The molecule has 0 amide bonds. The largest absolute Gasteiger partial charge is 0.318 e. The minimum Gasteiger partial charge on any atom is -0.318 e. The second kappa shape index (κ2) is 5.48. The molecule has 102 valence electrons. The van der Waals surface area contributed by atoms with Crippen molar-refractivity contribution in [2.45, 2.75) is 31.7 Å². The Morgan fingerprint density at radius 3 is 3.16 bits per heavy atom. The summed E-state index contributed by atoms with van der Waals surface area (Å²) in [6.07, 6.45) is 2.85. The zero-order valence-electron chi connectivity index (χ0n) is 10.7. The molecule has 1 atom stereocenters. The van der Waals surface area contributed by atoms with Crippen molar-refractivity contribution in [3.8, 4) is 0 Å². The fourth-order valence-corrected chi connectivity index (χ4v) is 5.03. The third-order valence-electron chi connectivity index (χ3n) is 3.38. The lowest BCUT2D eigenvalue weighted by Gasteiger charge is -2.12. The number of nitrogens with two attached hydrogens (primary N) is 1. The molecular weight excluding hydrogens is 298 g/mol. The van der Waals surface area contributed by atoms with Crippen LogP contribution in [0, 0.1) is 0 Å². The van der Waals surface area contributed by atoms with E-state index in [0.29, 0.717) is 5.02 Å². The predicted octanol–water partition coefficient (Wildman–Crippen LogP) is 3.46. The van der Waals surface area contributed by atoms with E-state index >= 15 is 0 Å². The quantitative estimate of drug-likeness (QED) is 0.943. The van der Waals surface area contributed by atoms with Crippen molar-refractivity contribution < 1.29 is 0 Å². The Morgan fingerprint density at radius 1 is 1.58 bits per heavy atom. The maximum atomic E-state index is 6.41. The third-order valence-corrected chi connectivity index (χ3v) is 6.00. The van der Waals surface area contributed by atoms with Crippen LogP contribution in [-0.2, 0) is 18.7 Å². The Labute approximate surface area is 126 Å². The zero-order chi connectivity index (χ0) is 13.4. The van der Waals surface area contributed by atoms with Gasteiger partial charge in [-0.1, -0.05) is 11.6 Å². The molecule has 1 aliphatic rings. The highest BCUT2D eigenvalue weighted by molar-refractivity contribution is 7.98. The molecule has 0 saturated carbocycles. The molecule has 1 unspecified atom stereocenters. The van der Waals surface area contributed by atoms with Gasteiger partial charge in [0.25, 0.3) is 0 Å². The summed E-state index contributed by atoms with van der Waals surface area (Å²) in [6.45, 7) is 2.84. The van der Waals surface area contributed by atoms with Gasteiger partial charge in [0, 0.05) is 22.1 Å². The normalized spacial score (nSPS) is 16.4. The smallest absolute Gasteiger partial charge is 0.0837 e. The number of aromatic nitrogens is 2. The van der Waals surface area contributed by atoms with Crippen LogP contribution in [0.2, 0.25) is 5.02 Å². The van der Waals surface area contributed by atoms with E-state index in [1.165, 1.54) is 21.1 Å². The van der Waals surface area contributed by atoms with Crippen LogP contribution in [0.5, 0.6) is 0 Å². The van der Waals surface area contributed by atoms with E-state index in [2.05, 4.69) is 18.1 Å². The van der Waals surface area contributed by atoms with Crippen LogP contribution in [0.15, 0.2) is 12.3 Å². The van der Waals surface area contributed by atoms with Crippen LogP contribution in [0.25, 0.3) is 0 Å². The van der Waals surface area contributed by atoms with Gasteiger partial charge >= 0.3 is 0 Å². The lowest BCUT2D eigenvalue weighted by Crippen LogP contribution is -2.16. The molecule has 3 heterocycles. The average Bonchev–Trinajstić information content (AvgIpc) is 3.01. The summed E-state index contributed by atoms with van der Waals surface area (Å²) in [4.78, 5) is 2.69. The van der Waals surface area contributed by atoms with Crippen LogP contribution in [0.1, 0.15) is 34.0 Å². The van der Waals surface area contributed by atoms with Crippen molar-refractivity contribution in [2.24, 2.45) is 5.73 Å². The van der Waals surface area contributed by atoms with E-state index in [-0.39, 0.29) is 6.04 Å². The van der Waals surface area contributed by atoms with Gasteiger partial charge < -0.3 is 5.73 Å². The summed E-state index contributed by atoms with van der Waals surface area (Å²) in [7, 11) is 0. The van der Waals surface area contributed by atoms with Crippen molar-refractivity contribution >= 4 is 34.7 Å². The molecule has 0 bridgehead atoms. The predicted molar refractivity (Wildman–Crippen MR) is 83.1 cm³/mol. The monoisotopic (exact) mass is 313 g/mol. The maximum absolute atomic E-state index is 6.41. The molecule has 0 aliphatic carbocycles. The molecule has 2 aromatic rings. The van der Waals surface area contributed by atoms with Gasteiger partial charge in [0.15, 0.2) is 0 Å². The first-order chi connectivity index (χ1) is 9.20. The fourth-order valence-electron chi connectivity index (χ4n) is 2.39. The summed E-state index contributed by atoms with van der Waals surface area (Å²) in [6, 6.07) is 2.08. The zero-order valence-corrected chi connectivity index (χ0v) is 13.1. The van der Waals surface area contributed by atoms with Gasteiger partial charge in [-0.25, -0.2) is 0 Å². The third kappa shape index (κ3) is 2.44. The molecule has 19 heavy (non-hydrogen) atoms. The molecule has 2 N–H and O–H groups in total. The molecule has 6 heteroatoms. The molecular formula is C13H16ClN3S2. The Hall–Kier alpha value is -0.490. The van der Waals surface area contributed by atoms with Crippen LogP contribution in [-0.4, -0.2) is 15.5 Å². The number of rotatable bonds is 3. The van der Waals surface area contributed by atoms with Crippen molar-refractivity contribution in [2.75, 3.05) is 5.75 Å². The summed E-state index contributed by atoms with van der Waals surface area (Å²) in [5, 5.41) is 4.93. The lowest BCUT2D eigenvalue weighted by molar-refractivity contribution is 0.603. The van der Waals surface area contributed by atoms with Gasteiger partial charge in [0.2, 0.25) is 0 Å². The van der Waals surface area contributed by atoms with Crippen molar-refractivity contribution in [3.63, 3.8) is 0 Å². The number of nitrogens with zero attached hydrogens (tertiary/aromatic N) is 2. The number of thiophene rings is 1.